The molecule has 1 aromatic heterocycles. The van der Waals surface area contributed by atoms with Gasteiger partial charge in [-0.05, 0) is 60.8 Å². The quantitative estimate of drug-likeness (QED) is 0.591. The van der Waals surface area contributed by atoms with Gasteiger partial charge in [0.2, 0.25) is 0 Å². The lowest BCUT2D eigenvalue weighted by atomic mass is 9.75. The van der Waals surface area contributed by atoms with Gasteiger partial charge in [-0.3, -0.25) is 0 Å². The van der Waals surface area contributed by atoms with Crippen molar-refractivity contribution in [2.24, 2.45) is 9.81 Å². The Morgan fingerprint density at radius 3 is 2.43 bits per heavy atom. The standard InChI is InChI=1S/C19H28ClN3O3S2/c1-17(2,3)26-16(24)23-9-7-19(8-10-23)11-12-13(21-15(20)27-12)14(19)22-28(25)18(4,5)6/h7-11H2,1-6H3/b22-14+/t28-/m1/s1. The summed E-state index contributed by atoms with van der Waals surface area (Å²) in [5.74, 6) is 0. The van der Waals surface area contributed by atoms with Crippen molar-refractivity contribution in [3.8, 4) is 0 Å². The van der Waals surface area contributed by atoms with Crippen molar-refractivity contribution in [3.05, 3.63) is 15.0 Å². The van der Waals surface area contributed by atoms with Crippen molar-refractivity contribution in [2.75, 3.05) is 13.1 Å². The summed E-state index contributed by atoms with van der Waals surface area (Å²) < 4.78 is 23.0. The number of hydrogen-bond acceptors (Lipinski definition) is 6. The molecular formula is C19H28ClN3O3S2. The molecule has 156 valence electrons. The second kappa shape index (κ2) is 7.45. The zero-order valence-electron chi connectivity index (χ0n) is 17.3. The van der Waals surface area contributed by atoms with Gasteiger partial charge in [0.15, 0.2) is 4.47 Å². The monoisotopic (exact) mass is 445 g/mol. The third-order valence-corrected chi connectivity index (χ3v) is 7.52. The van der Waals surface area contributed by atoms with E-state index in [1.165, 1.54) is 11.3 Å². The van der Waals surface area contributed by atoms with E-state index in [9.17, 15) is 9.35 Å². The SMILES string of the molecule is CC(C)(C)OC(=O)N1CCC2(CC1)Cc1sc(Cl)nc1/C2=N\[S@+]([O-])C(C)(C)C. The average molecular weight is 446 g/mol. The molecule has 6 nitrogen and oxygen atoms in total. The highest BCUT2D eigenvalue weighted by molar-refractivity contribution is 7.91. The Balaban J connectivity index is 1.84. The largest absolute Gasteiger partial charge is 0.591 e. The minimum absolute atomic E-state index is 0.238. The smallest absolute Gasteiger partial charge is 0.410 e. The second-order valence-electron chi connectivity index (χ2n) is 9.46. The van der Waals surface area contributed by atoms with Crippen molar-refractivity contribution in [2.45, 2.75) is 71.2 Å². The van der Waals surface area contributed by atoms with Crippen LogP contribution in [-0.4, -0.2) is 49.7 Å². The van der Waals surface area contributed by atoms with Gasteiger partial charge in [0.25, 0.3) is 0 Å². The van der Waals surface area contributed by atoms with E-state index in [1.54, 1.807) is 4.90 Å². The summed E-state index contributed by atoms with van der Waals surface area (Å²) in [5, 5.41) is 0. The first kappa shape index (κ1) is 21.9. The lowest BCUT2D eigenvalue weighted by molar-refractivity contribution is 0.0159. The lowest BCUT2D eigenvalue weighted by Gasteiger charge is -2.39. The number of hydrogen-bond donors (Lipinski definition) is 0. The first-order chi connectivity index (χ1) is 12.8. The lowest BCUT2D eigenvalue weighted by Crippen LogP contribution is -2.47. The molecule has 3 rings (SSSR count). The molecule has 1 amide bonds. The molecule has 0 aromatic carbocycles. The molecule has 2 heterocycles. The van der Waals surface area contributed by atoms with E-state index in [0.717, 1.165) is 35.5 Å². The van der Waals surface area contributed by atoms with E-state index in [1.807, 2.05) is 41.5 Å². The molecule has 1 fully saturated rings. The molecule has 0 saturated carbocycles. The van der Waals surface area contributed by atoms with E-state index in [0.29, 0.717) is 17.6 Å². The first-order valence-corrected chi connectivity index (χ1v) is 11.8. The molecule has 1 atom stereocenters. The number of aromatic nitrogens is 1. The van der Waals surface area contributed by atoms with E-state index in [2.05, 4.69) is 9.38 Å². The molecule has 9 heteroatoms. The summed E-state index contributed by atoms with van der Waals surface area (Å²) in [6, 6.07) is 0. The highest BCUT2D eigenvalue weighted by Gasteiger charge is 2.50. The van der Waals surface area contributed by atoms with Crippen molar-refractivity contribution < 1.29 is 14.1 Å². The molecule has 1 aromatic rings. The number of fused-ring (bicyclic) bond motifs is 1. The van der Waals surface area contributed by atoms with Crippen LogP contribution in [0.5, 0.6) is 0 Å². The van der Waals surface area contributed by atoms with Crippen LogP contribution >= 0.6 is 22.9 Å². The third-order valence-electron chi connectivity index (χ3n) is 4.97. The molecule has 2 aliphatic rings. The van der Waals surface area contributed by atoms with Crippen LogP contribution in [0.4, 0.5) is 4.79 Å². The van der Waals surface area contributed by atoms with Gasteiger partial charge in [-0.25, -0.2) is 9.78 Å². The van der Waals surface area contributed by atoms with Crippen LogP contribution in [0.3, 0.4) is 0 Å². The fraction of sp³-hybridized carbons (Fsp3) is 0.737. The van der Waals surface area contributed by atoms with Gasteiger partial charge in [-0.1, -0.05) is 16.0 Å². The summed E-state index contributed by atoms with van der Waals surface area (Å²) in [6.45, 7) is 12.5. The molecule has 1 spiro atoms. The van der Waals surface area contributed by atoms with E-state index in [-0.39, 0.29) is 11.5 Å². The minimum atomic E-state index is -1.38. The molecule has 0 radical (unpaired) electrons. The normalized spacial score (nSPS) is 21.9. The number of nitrogens with zero attached hydrogens (tertiary/aromatic N) is 3. The maximum atomic E-state index is 12.8. The van der Waals surface area contributed by atoms with Gasteiger partial charge < -0.3 is 14.2 Å². The number of carbonyl (C=O) groups excluding carboxylic acids is 1. The minimum Gasteiger partial charge on any atom is -0.591 e. The van der Waals surface area contributed by atoms with Crippen LogP contribution in [0.15, 0.2) is 4.40 Å². The summed E-state index contributed by atoms with van der Waals surface area (Å²) in [6.07, 6.45) is 1.99. The molecule has 28 heavy (non-hydrogen) atoms. The Bertz CT molecular complexity index is 787. The number of halogens is 1. The zero-order chi connectivity index (χ0) is 20.9. The fourth-order valence-corrected chi connectivity index (χ4v) is 5.50. The number of amides is 1. The van der Waals surface area contributed by atoms with Crippen molar-refractivity contribution in [3.63, 3.8) is 0 Å². The Morgan fingerprint density at radius 2 is 1.89 bits per heavy atom. The van der Waals surface area contributed by atoms with Crippen LogP contribution in [0.2, 0.25) is 4.47 Å². The van der Waals surface area contributed by atoms with Crippen LogP contribution in [-0.2, 0) is 22.5 Å². The van der Waals surface area contributed by atoms with E-state index >= 15 is 0 Å². The predicted octanol–water partition coefficient (Wildman–Crippen LogP) is 4.62. The van der Waals surface area contributed by atoms with Crippen LogP contribution < -0.4 is 0 Å². The van der Waals surface area contributed by atoms with Gasteiger partial charge in [0.1, 0.15) is 33.1 Å². The van der Waals surface area contributed by atoms with Crippen molar-refractivity contribution in [1.29, 1.82) is 0 Å². The van der Waals surface area contributed by atoms with Gasteiger partial charge in [0, 0.05) is 23.4 Å². The number of piperidine rings is 1. The topological polar surface area (TPSA) is 77.8 Å². The molecule has 0 unspecified atom stereocenters. The second-order valence-corrected chi connectivity index (χ2v) is 13.0. The summed E-state index contributed by atoms with van der Waals surface area (Å²) in [5.41, 5.74) is 0.833. The molecule has 1 aliphatic carbocycles. The summed E-state index contributed by atoms with van der Waals surface area (Å²) >= 11 is 6.22. The zero-order valence-corrected chi connectivity index (χ0v) is 19.7. The predicted molar refractivity (Wildman–Crippen MR) is 115 cm³/mol. The molecular weight excluding hydrogens is 418 g/mol. The maximum absolute atomic E-state index is 12.8. The number of thiazole rings is 1. The van der Waals surface area contributed by atoms with Crippen LogP contribution in [0.1, 0.15) is 65.0 Å². The van der Waals surface area contributed by atoms with E-state index < -0.39 is 21.7 Å². The number of ether oxygens (including phenoxy) is 1. The van der Waals surface area contributed by atoms with Gasteiger partial charge in [0.05, 0.1) is 0 Å². The first-order valence-electron chi connectivity index (χ1n) is 9.45. The fourth-order valence-electron chi connectivity index (χ4n) is 3.49. The highest BCUT2D eigenvalue weighted by Crippen LogP contribution is 2.48. The van der Waals surface area contributed by atoms with E-state index in [4.69, 9.17) is 16.3 Å². The Hall–Kier alpha value is -0.830. The number of carbonyl (C=O) groups is 1. The van der Waals surface area contributed by atoms with Gasteiger partial charge in [-0.2, -0.15) is 0 Å². The Kier molecular flexibility index (Phi) is 5.82. The Labute approximate surface area is 179 Å². The molecule has 0 bridgehead atoms. The van der Waals surface area contributed by atoms with Crippen LogP contribution in [0, 0.1) is 5.41 Å². The van der Waals surface area contributed by atoms with Crippen LogP contribution in [0.25, 0.3) is 0 Å². The number of rotatable bonds is 1. The maximum Gasteiger partial charge on any atom is 0.410 e. The molecule has 1 aliphatic heterocycles. The molecule has 0 N–H and O–H groups in total. The third kappa shape index (κ3) is 4.50. The van der Waals surface area contributed by atoms with Crippen molar-refractivity contribution in [1.82, 2.24) is 9.88 Å². The summed E-state index contributed by atoms with van der Waals surface area (Å²) in [7, 11) is 0. The molecule has 1 saturated heterocycles. The highest BCUT2D eigenvalue weighted by atomic mass is 35.5. The Morgan fingerprint density at radius 1 is 1.29 bits per heavy atom. The average Bonchev–Trinajstić information content (AvgIpc) is 3.00. The van der Waals surface area contributed by atoms with Gasteiger partial charge >= 0.3 is 6.09 Å². The number of likely N-dealkylation sites (tertiary alicyclic amines) is 1. The summed E-state index contributed by atoms with van der Waals surface area (Å²) in [4.78, 5) is 19.7. The van der Waals surface area contributed by atoms with Gasteiger partial charge in [-0.15, -0.1) is 11.3 Å². The van der Waals surface area contributed by atoms with Crippen molar-refractivity contribution >= 4 is 46.1 Å².